The Labute approximate surface area is 165 Å². The molecule has 148 valence electrons. The third kappa shape index (κ3) is 4.55. The van der Waals surface area contributed by atoms with Gasteiger partial charge in [-0.25, -0.2) is 10.9 Å². The first-order chi connectivity index (χ1) is 13.2. The van der Waals surface area contributed by atoms with Crippen LogP contribution in [-0.4, -0.2) is 60.1 Å². The molecule has 0 aliphatic carbocycles. The van der Waals surface area contributed by atoms with E-state index in [0.29, 0.717) is 11.1 Å². The molecular weight excluding hydrogens is 364 g/mol. The van der Waals surface area contributed by atoms with Crippen LogP contribution in [0.2, 0.25) is 5.02 Å². The number of hydrogen-bond acceptors (Lipinski definition) is 6. The van der Waals surface area contributed by atoms with Crippen LogP contribution in [0.5, 0.6) is 0 Å². The van der Waals surface area contributed by atoms with Crippen molar-refractivity contribution >= 4 is 23.2 Å². The lowest BCUT2D eigenvalue weighted by Gasteiger charge is -2.41. The van der Waals surface area contributed by atoms with E-state index in [9.17, 15) is 4.79 Å². The lowest BCUT2D eigenvalue weighted by molar-refractivity contribution is -0.135. The molecule has 0 saturated carbocycles. The molecule has 3 heterocycles. The average Bonchev–Trinajstić information content (AvgIpc) is 3.18. The average molecular weight is 393 g/mol. The molecule has 3 aliphatic rings. The summed E-state index contributed by atoms with van der Waals surface area (Å²) in [7, 11) is 0. The first kappa shape index (κ1) is 19.0. The number of halogens is 1. The molecular formula is C19H29ClN6O. The Morgan fingerprint density at radius 3 is 2.41 bits per heavy atom. The Morgan fingerprint density at radius 1 is 1.00 bits per heavy atom. The van der Waals surface area contributed by atoms with E-state index in [-0.39, 0.29) is 18.1 Å². The maximum absolute atomic E-state index is 13.0. The summed E-state index contributed by atoms with van der Waals surface area (Å²) in [5, 5.41) is 4.04. The van der Waals surface area contributed by atoms with Crippen LogP contribution in [0, 0.1) is 0 Å². The zero-order valence-corrected chi connectivity index (χ0v) is 16.3. The van der Waals surface area contributed by atoms with Crippen LogP contribution in [0.4, 0.5) is 5.69 Å². The van der Waals surface area contributed by atoms with Gasteiger partial charge in [-0.1, -0.05) is 18.0 Å². The maximum Gasteiger partial charge on any atom is 0.244 e. The van der Waals surface area contributed by atoms with Crippen LogP contribution < -0.4 is 21.7 Å². The molecule has 2 atom stereocenters. The predicted octanol–water partition coefficient (Wildman–Crippen LogP) is 1.54. The van der Waals surface area contributed by atoms with Crippen LogP contribution in [0.25, 0.3) is 0 Å². The van der Waals surface area contributed by atoms with Crippen molar-refractivity contribution in [3.05, 3.63) is 29.3 Å². The third-order valence-corrected chi connectivity index (χ3v) is 6.16. The lowest BCUT2D eigenvalue weighted by Crippen LogP contribution is -2.55. The van der Waals surface area contributed by atoms with Crippen molar-refractivity contribution in [2.24, 2.45) is 0 Å². The van der Waals surface area contributed by atoms with E-state index in [1.54, 1.807) is 0 Å². The number of rotatable bonds is 4. The molecule has 4 N–H and O–H groups in total. The van der Waals surface area contributed by atoms with Gasteiger partial charge >= 0.3 is 0 Å². The molecule has 8 heteroatoms. The van der Waals surface area contributed by atoms with Crippen LogP contribution in [0.1, 0.15) is 32.1 Å². The molecule has 3 fully saturated rings. The standard InChI is InChI=1S/C19H29ClN6O/c20-14-4-6-15(7-5-14)21-18-17(22-24-23-18)19(27)26-12-8-16(9-13-26)25-10-2-1-3-11-25/h4-7,16-18,21-24H,1-3,8-13H2. The number of anilines is 1. The minimum Gasteiger partial charge on any atom is -0.367 e. The van der Waals surface area contributed by atoms with Gasteiger partial charge in [0.15, 0.2) is 0 Å². The molecule has 0 radical (unpaired) electrons. The molecule has 3 aliphatic heterocycles. The van der Waals surface area contributed by atoms with Gasteiger partial charge in [-0.3, -0.25) is 4.79 Å². The summed E-state index contributed by atoms with van der Waals surface area (Å²) in [4.78, 5) is 17.7. The summed E-state index contributed by atoms with van der Waals surface area (Å²) in [6.07, 6.45) is 5.94. The van der Waals surface area contributed by atoms with Crippen molar-refractivity contribution in [1.82, 2.24) is 26.2 Å². The Hall–Kier alpha value is -1.38. The molecule has 1 aromatic rings. The highest BCUT2D eigenvalue weighted by Crippen LogP contribution is 2.22. The fraction of sp³-hybridized carbons (Fsp3) is 0.632. The Bertz CT molecular complexity index is 628. The Balaban J connectivity index is 1.31. The molecule has 4 rings (SSSR count). The number of carbonyl (C=O) groups is 1. The van der Waals surface area contributed by atoms with E-state index in [1.165, 1.54) is 32.4 Å². The highest BCUT2D eigenvalue weighted by molar-refractivity contribution is 6.30. The van der Waals surface area contributed by atoms with Crippen molar-refractivity contribution in [1.29, 1.82) is 0 Å². The number of hydrogen-bond donors (Lipinski definition) is 4. The SMILES string of the molecule is O=C(C1NNNC1Nc1ccc(Cl)cc1)N1CCC(N2CCCCC2)CC1. The molecule has 0 aromatic heterocycles. The zero-order valence-electron chi connectivity index (χ0n) is 15.6. The smallest absolute Gasteiger partial charge is 0.244 e. The third-order valence-electron chi connectivity index (χ3n) is 5.90. The monoisotopic (exact) mass is 392 g/mol. The van der Waals surface area contributed by atoms with Crippen molar-refractivity contribution in [2.75, 3.05) is 31.5 Å². The van der Waals surface area contributed by atoms with Gasteiger partial charge in [0.2, 0.25) is 5.91 Å². The number of carbonyl (C=O) groups excluding carboxylic acids is 1. The second kappa shape index (κ2) is 8.75. The zero-order chi connectivity index (χ0) is 18.6. The van der Waals surface area contributed by atoms with Gasteiger partial charge in [-0.2, -0.15) is 5.53 Å². The normalized spacial score (nSPS) is 27.7. The predicted molar refractivity (Wildman–Crippen MR) is 107 cm³/mol. The highest BCUT2D eigenvalue weighted by atomic mass is 35.5. The van der Waals surface area contributed by atoms with E-state index in [1.807, 2.05) is 29.2 Å². The summed E-state index contributed by atoms with van der Waals surface area (Å²) in [6, 6.07) is 7.78. The molecule has 2 unspecified atom stereocenters. The van der Waals surface area contributed by atoms with Gasteiger partial charge in [0.1, 0.15) is 12.2 Å². The van der Waals surface area contributed by atoms with Gasteiger partial charge in [0.05, 0.1) is 0 Å². The first-order valence-corrected chi connectivity index (χ1v) is 10.4. The second-order valence-electron chi connectivity index (χ2n) is 7.67. The van der Waals surface area contributed by atoms with Crippen molar-refractivity contribution < 1.29 is 4.79 Å². The fourth-order valence-electron chi connectivity index (χ4n) is 4.34. The first-order valence-electron chi connectivity index (χ1n) is 10.0. The number of piperidine rings is 2. The van der Waals surface area contributed by atoms with Gasteiger partial charge in [0.25, 0.3) is 0 Å². The molecule has 3 saturated heterocycles. The highest BCUT2D eigenvalue weighted by Gasteiger charge is 2.37. The van der Waals surface area contributed by atoms with Gasteiger partial charge in [0, 0.05) is 29.8 Å². The summed E-state index contributed by atoms with van der Waals surface area (Å²) < 4.78 is 0. The minimum absolute atomic E-state index is 0.135. The van der Waals surface area contributed by atoms with Gasteiger partial charge < -0.3 is 15.1 Å². The van der Waals surface area contributed by atoms with Crippen molar-refractivity contribution in [3.63, 3.8) is 0 Å². The van der Waals surface area contributed by atoms with E-state index in [4.69, 9.17) is 11.6 Å². The number of hydrazine groups is 2. The van der Waals surface area contributed by atoms with Crippen LogP contribution in [-0.2, 0) is 4.79 Å². The molecule has 7 nitrogen and oxygen atoms in total. The summed E-state index contributed by atoms with van der Waals surface area (Å²) in [6.45, 7) is 4.13. The Kier molecular flexibility index (Phi) is 6.14. The van der Waals surface area contributed by atoms with Crippen molar-refractivity contribution in [2.45, 2.75) is 50.4 Å². The van der Waals surface area contributed by atoms with E-state index in [0.717, 1.165) is 31.6 Å². The maximum atomic E-state index is 13.0. The fourth-order valence-corrected chi connectivity index (χ4v) is 4.47. The van der Waals surface area contributed by atoms with E-state index in [2.05, 4.69) is 26.6 Å². The van der Waals surface area contributed by atoms with Gasteiger partial charge in [-0.15, -0.1) is 0 Å². The van der Waals surface area contributed by atoms with Crippen LogP contribution in [0.15, 0.2) is 24.3 Å². The minimum atomic E-state index is -0.354. The summed E-state index contributed by atoms with van der Waals surface area (Å²) in [5.74, 6) is 0.135. The van der Waals surface area contributed by atoms with Crippen LogP contribution >= 0.6 is 11.6 Å². The molecule has 1 amide bonds. The quantitative estimate of drug-likeness (QED) is 0.623. The largest absolute Gasteiger partial charge is 0.367 e. The molecule has 27 heavy (non-hydrogen) atoms. The molecule has 0 bridgehead atoms. The van der Waals surface area contributed by atoms with Crippen LogP contribution in [0.3, 0.4) is 0 Å². The Morgan fingerprint density at radius 2 is 1.70 bits per heavy atom. The number of amides is 1. The van der Waals surface area contributed by atoms with Crippen molar-refractivity contribution in [3.8, 4) is 0 Å². The lowest BCUT2D eigenvalue weighted by atomic mass is 9.99. The molecule has 1 aromatic carbocycles. The number of benzene rings is 1. The topological polar surface area (TPSA) is 71.7 Å². The second-order valence-corrected chi connectivity index (χ2v) is 8.11. The number of nitrogens with zero attached hydrogens (tertiary/aromatic N) is 2. The number of likely N-dealkylation sites (tertiary alicyclic amines) is 2. The summed E-state index contributed by atoms with van der Waals surface area (Å²) in [5.41, 5.74) is 9.96. The molecule has 0 spiro atoms. The van der Waals surface area contributed by atoms with Gasteiger partial charge in [-0.05, 0) is 63.0 Å². The van der Waals surface area contributed by atoms with E-state index < -0.39 is 0 Å². The summed E-state index contributed by atoms with van der Waals surface area (Å²) >= 11 is 5.94. The number of nitrogens with one attached hydrogen (secondary N) is 4. The van der Waals surface area contributed by atoms with E-state index >= 15 is 0 Å².